The van der Waals surface area contributed by atoms with Crippen LogP contribution >= 0.6 is 0 Å². The number of carbonyl (C=O) groups is 2. The highest BCUT2D eigenvalue weighted by atomic mass is 19.1. The van der Waals surface area contributed by atoms with Gasteiger partial charge >= 0.3 is 0 Å². The predicted octanol–water partition coefficient (Wildman–Crippen LogP) is 2.97. The van der Waals surface area contributed by atoms with Crippen molar-refractivity contribution in [2.45, 2.75) is 13.3 Å². The van der Waals surface area contributed by atoms with E-state index >= 15 is 0 Å². The lowest BCUT2D eigenvalue weighted by atomic mass is 10.1. The standard InChI is InChI=1S/C22H26FN3O2/c1-16-9-11-17(12-10-16)21(27)25-20(15-18-7-4-5-8-19(18)23)22(28)24-13-6-14-26(2)3/h4-5,7-12,15H,6,13-14H2,1-3H3,(H,24,28)(H,25,27). The van der Waals surface area contributed by atoms with Gasteiger partial charge in [-0.2, -0.15) is 0 Å². The fraction of sp³-hybridized carbons (Fsp3) is 0.273. The Labute approximate surface area is 165 Å². The second kappa shape index (κ2) is 10.4. The van der Waals surface area contributed by atoms with Crippen LogP contribution in [0, 0.1) is 12.7 Å². The molecular weight excluding hydrogens is 357 g/mol. The summed E-state index contributed by atoms with van der Waals surface area (Å²) in [7, 11) is 3.90. The second-order valence-corrected chi connectivity index (χ2v) is 6.81. The van der Waals surface area contributed by atoms with Gasteiger partial charge in [-0.05, 0) is 58.3 Å². The van der Waals surface area contributed by atoms with Crippen molar-refractivity contribution in [3.05, 3.63) is 76.7 Å². The highest BCUT2D eigenvalue weighted by molar-refractivity contribution is 6.05. The zero-order valence-electron chi connectivity index (χ0n) is 16.5. The number of amides is 2. The van der Waals surface area contributed by atoms with E-state index in [-0.39, 0.29) is 11.3 Å². The van der Waals surface area contributed by atoms with Gasteiger partial charge in [-0.3, -0.25) is 9.59 Å². The van der Waals surface area contributed by atoms with Crippen LogP contribution in [0.5, 0.6) is 0 Å². The minimum Gasteiger partial charge on any atom is -0.351 e. The molecule has 0 saturated carbocycles. The van der Waals surface area contributed by atoms with Gasteiger partial charge in [-0.25, -0.2) is 4.39 Å². The summed E-state index contributed by atoms with van der Waals surface area (Å²) in [5, 5.41) is 5.38. The molecule has 0 aliphatic carbocycles. The summed E-state index contributed by atoms with van der Waals surface area (Å²) in [6.07, 6.45) is 2.11. The number of aryl methyl sites for hydroxylation is 1. The van der Waals surface area contributed by atoms with Gasteiger partial charge in [0, 0.05) is 17.7 Å². The largest absolute Gasteiger partial charge is 0.351 e. The van der Waals surface area contributed by atoms with Gasteiger partial charge in [0.1, 0.15) is 11.5 Å². The molecule has 2 aromatic carbocycles. The molecule has 0 bridgehead atoms. The first-order chi connectivity index (χ1) is 13.4. The molecule has 0 spiro atoms. The highest BCUT2D eigenvalue weighted by Crippen LogP contribution is 2.12. The van der Waals surface area contributed by atoms with E-state index in [1.54, 1.807) is 30.3 Å². The summed E-state index contributed by atoms with van der Waals surface area (Å²) in [6, 6.07) is 13.1. The number of rotatable bonds is 8. The minimum atomic E-state index is -0.468. The van der Waals surface area contributed by atoms with E-state index in [2.05, 4.69) is 10.6 Å². The van der Waals surface area contributed by atoms with Gasteiger partial charge in [0.05, 0.1) is 0 Å². The molecule has 0 aromatic heterocycles. The van der Waals surface area contributed by atoms with Crippen LogP contribution in [0.15, 0.2) is 54.2 Å². The van der Waals surface area contributed by atoms with Crippen molar-refractivity contribution in [2.75, 3.05) is 27.2 Å². The number of carbonyl (C=O) groups excluding carboxylic acids is 2. The van der Waals surface area contributed by atoms with Crippen molar-refractivity contribution in [3.8, 4) is 0 Å². The predicted molar refractivity (Wildman–Crippen MR) is 109 cm³/mol. The highest BCUT2D eigenvalue weighted by Gasteiger charge is 2.15. The van der Waals surface area contributed by atoms with Crippen LogP contribution in [0.2, 0.25) is 0 Å². The number of benzene rings is 2. The third-order valence-electron chi connectivity index (χ3n) is 4.08. The third-order valence-corrected chi connectivity index (χ3v) is 4.08. The quantitative estimate of drug-likeness (QED) is 0.544. The molecule has 0 atom stereocenters. The van der Waals surface area contributed by atoms with E-state index < -0.39 is 17.6 Å². The van der Waals surface area contributed by atoms with Crippen LogP contribution < -0.4 is 10.6 Å². The van der Waals surface area contributed by atoms with Crippen molar-refractivity contribution < 1.29 is 14.0 Å². The Morgan fingerprint density at radius 1 is 1.07 bits per heavy atom. The van der Waals surface area contributed by atoms with Gasteiger partial charge in [0.25, 0.3) is 11.8 Å². The van der Waals surface area contributed by atoms with E-state index in [1.165, 1.54) is 12.1 Å². The number of nitrogens with zero attached hydrogens (tertiary/aromatic N) is 1. The van der Waals surface area contributed by atoms with Crippen LogP contribution in [0.3, 0.4) is 0 Å². The van der Waals surface area contributed by atoms with E-state index in [1.807, 2.05) is 38.1 Å². The van der Waals surface area contributed by atoms with E-state index in [9.17, 15) is 14.0 Å². The van der Waals surface area contributed by atoms with Crippen molar-refractivity contribution in [1.82, 2.24) is 15.5 Å². The van der Waals surface area contributed by atoms with E-state index in [0.717, 1.165) is 18.5 Å². The van der Waals surface area contributed by atoms with Crippen LogP contribution in [0.25, 0.3) is 6.08 Å². The zero-order valence-corrected chi connectivity index (χ0v) is 16.5. The van der Waals surface area contributed by atoms with E-state index in [4.69, 9.17) is 0 Å². The van der Waals surface area contributed by atoms with Crippen molar-refractivity contribution in [3.63, 3.8) is 0 Å². The van der Waals surface area contributed by atoms with Gasteiger partial charge in [0.2, 0.25) is 0 Å². The molecule has 2 rings (SSSR count). The lowest BCUT2D eigenvalue weighted by molar-refractivity contribution is -0.117. The molecule has 2 N–H and O–H groups in total. The van der Waals surface area contributed by atoms with E-state index in [0.29, 0.717) is 12.1 Å². The fourth-order valence-electron chi connectivity index (χ4n) is 2.50. The van der Waals surface area contributed by atoms with Crippen LogP contribution in [0.1, 0.15) is 27.9 Å². The molecule has 5 nitrogen and oxygen atoms in total. The number of nitrogens with one attached hydrogen (secondary N) is 2. The Balaban J connectivity index is 2.18. The molecule has 6 heteroatoms. The molecule has 2 amide bonds. The summed E-state index contributed by atoms with van der Waals surface area (Å²) in [5.41, 5.74) is 1.67. The number of hydrogen-bond donors (Lipinski definition) is 2. The van der Waals surface area contributed by atoms with Crippen LogP contribution in [0.4, 0.5) is 4.39 Å². The maximum Gasteiger partial charge on any atom is 0.267 e. The SMILES string of the molecule is Cc1ccc(C(=O)NC(=Cc2ccccc2F)C(=O)NCCCN(C)C)cc1. The first-order valence-electron chi connectivity index (χ1n) is 9.14. The lowest BCUT2D eigenvalue weighted by Crippen LogP contribution is -2.36. The topological polar surface area (TPSA) is 61.4 Å². The Morgan fingerprint density at radius 2 is 1.75 bits per heavy atom. The maximum absolute atomic E-state index is 14.0. The Hall–Kier alpha value is -2.99. The van der Waals surface area contributed by atoms with Crippen LogP contribution in [-0.2, 0) is 4.79 Å². The average molecular weight is 383 g/mol. The first-order valence-corrected chi connectivity index (χ1v) is 9.14. The molecule has 0 radical (unpaired) electrons. The van der Waals surface area contributed by atoms with Gasteiger partial charge in [-0.15, -0.1) is 0 Å². The van der Waals surface area contributed by atoms with Crippen molar-refractivity contribution >= 4 is 17.9 Å². The molecule has 0 fully saturated rings. The number of hydrogen-bond acceptors (Lipinski definition) is 3. The van der Waals surface area contributed by atoms with Gasteiger partial charge < -0.3 is 15.5 Å². The minimum absolute atomic E-state index is 0.000489. The first kappa shape index (κ1) is 21.3. The molecule has 0 aliphatic heterocycles. The maximum atomic E-state index is 14.0. The normalized spacial score (nSPS) is 11.4. The Morgan fingerprint density at radius 3 is 2.39 bits per heavy atom. The number of halogens is 1. The van der Waals surface area contributed by atoms with Gasteiger partial charge in [-0.1, -0.05) is 35.9 Å². The monoisotopic (exact) mass is 383 g/mol. The zero-order chi connectivity index (χ0) is 20.5. The molecular formula is C22H26FN3O2. The summed E-state index contributed by atoms with van der Waals surface area (Å²) in [6.45, 7) is 3.20. The molecule has 2 aromatic rings. The molecule has 0 aliphatic rings. The summed E-state index contributed by atoms with van der Waals surface area (Å²) in [4.78, 5) is 27.1. The fourth-order valence-corrected chi connectivity index (χ4v) is 2.50. The Kier molecular flexibility index (Phi) is 7.89. The summed E-state index contributed by atoms with van der Waals surface area (Å²) in [5.74, 6) is -1.35. The molecule has 0 heterocycles. The summed E-state index contributed by atoms with van der Waals surface area (Å²) >= 11 is 0. The second-order valence-electron chi connectivity index (χ2n) is 6.81. The lowest BCUT2D eigenvalue weighted by Gasteiger charge is -2.13. The molecule has 0 saturated heterocycles. The van der Waals surface area contributed by atoms with Crippen molar-refractivity contribution in [2.24, 2.45) is 0 Å². The van der Waals surface area contributed by atoms with Gasteiger partial charge in [0.15, 0.2) is 0 Å². The molecule has 0 unspecified atom stereocenters. The average Bonchev–Trinajstić information content (AvgIpc) is 2.66. The molecule has 28 heavy (non-hydrogen) atoms. The Bertz CT molecular complexity index is 845. The summed E-state index contributed by atoms with van der Waals surface area (Å²) < 4.78 is 14.0. The van der Waals surface area contributed by atoms with Crippen LogP contribution in [-0.4, -0.2) is 43.9 Å². The molecule has 148 valence electrons. The third kappa shape index (κ3) is 6.63. The van der Waals surface area contributed by atoms with Crippen molar-refractivity contribution in [1.29, 1.82) is 0 Å². The smallest absolute Gasteiger partial charge is 0.267 e.